The minimum atomic E-state index is 0.416. The number of hydrogen-bond acceptors (Lipinski definition) is 3. The molecule has 16 heavy (non-hydrogen) atoms. The number of rotatable bonds is 4. The van der Waals surface area contributed by atoms with Gasteiger partial charge in [-0.3, -0.25) is 4.99 Å². The van der Waals surface area contributed by atoms with Gasteiger partial charge in [0, 0.05) is 11.8 Å². The molecule has 0 saturated carbocycles. The van der Waals surface area contributed by atoms with Crippen LogP contribution in [0.4, 0.5) is 0 Å². The lowest BCUT2D eigenvalue weighted by Crippen LogP contribution is -2.25. The summed E-state index contributed by atoms with van der Waals surface area (Å²) in [6.07, 6.45) is 2.48. The zero-order valence-electron chi connectivity index (χ0n) is 11.3. The van der Waals surface area contributed by atoms with Crippen molar-refractivity contribution in [3.05, 3.63) is 0 Å². The summed E-state index contributed by atoms with van der Waals surface area (Å²) in [6, 6.07) is 0. The van der Waals surface area contributed by atoms with Crippen LogP contribution in [0.25, 0.3) is 0 Å². The number of aliphatic imine (C=N–C) groups is 1. The number of thioether (sulfide) groups is 1. The molecule has 1 rings (SSSR count). The first-order valence-electron chi connectivity index (χ1n) is 6.35. The van der Waals surface area contributed by atoms with E-state index in [2.05, 4.69) is 44.9 Å². The van der Waals surface area contributed by atoms with Crippen molar-refractivity contribution in [1.29, 1.82) is 0 Å². The molecule has 0 bridgehead atoms. The van der Waals surface area contributed by atoms with Crippen LogP contribution in [0.3, 0.4) is 0 Å². The van der Waals surface area contributed by atoms with Crippen LogP contribution in [0.15, 0.2) is 4.99 Å². The highest BCUT2D eigenvalue weighted by molar-refractivity contribution is 8.14. The van der Waals surface area contributed by atoms with E-state index in [1.54, 1.807) is 0 Å². The van der Waals surface area contributed by atoms with E-state index in [1.807, 2.05) is 11.8 Å². The average molecular weight is 242 g/mol. The normalized spacial score (nSPS) is 23.1. The number of hydrogen-bond donors (Lipinski definition) is 1. The van der Waals surface area contributed by atoms with Gasteiger partial charge in [0.1, 0.15) is 0 Å². The van der Waals surface area contributed by atoms with Crippen molar-refractivity contribution in [1.82, 2.24) is 5.32 Å². The Morgan fingerprint density at radius 2 is 2.19 bits per heavy atom. The van der Waals surface area contributed by atoms with Gasteiger partial charge < -0.3 is 5.32 Å². The maximum Gasteiger partial charge on any atom is 0.156 e. The number of amidine groups is 1. The minimum absolute atomic E-state index is 0.416. The molecule has 1 aliphatic rings. The molecule has 0 aromatic heterocycles. The van der Waals surface area contributed by atoms with Crippen LogP contribution < -0.4 is 5.32 Å². The fourth-order valence-corrected chi connectivity index (χ4v) is 3.07. The van der Waals surface area contributed by atoms with Gasteiger partial charge in [0.05, 0.1) is 6.54 Å². The largest absolute Gasteiger partial charge is 0.365 e. The summed E-state index contributed by atoms with van der Waals surface area (Å²) in [5.41, 5.74) is 0.416. The summed E-state index contributed by atoms with van der Waals surface area (Å²) in [5.74, 6) is 0.741. The van der Waals surface area contributed by atoms with Crippen molar-refractivity contribution in [2.75, 3.05) is 13.1 Å². The highest BCUT2D eigenvalue weighted by Crippen LogP contribution is 2.31. The molecule has 0 fully saturated rings. The smallest absolute Gasteiger partial charge is 0.156 e. The molecule has 94 valence electrons. The molecule has 0 radical (unpaired) electrons. The van der Waals surface area contributed by atoms with Crippen LogP contribution in [-0.2, 0) is 0 Å². The van der Waals surface area contributed by atoms with Crippen molar-refractivity contribution in [2.24, 2.45) is 16.3 Å². The van der Waals surface area contributed by atoms with Gasteiger partial charge in [-0.05, 0) is 17.8 Å². The van der Waals surface area contributed by atoms with Gasteiger partial charge in [-0.25, -0.2) is 0 Å². The zero-order valence-corrected chi connectivity index (χ0v) is 12.2. The van der Waals surface area contributed by atoms with E-state index in [-0.39, 0.29) is 0 Å². The molecule has 2 unspecified atom stereocenters. The van der Waals surface area contributed by atoms with E-state index in [0.717, 1.165) is 24.2 Å². The van der Waals surface area contributed by atoms with Gasteiger partial charge in [0.25, 0.3) is 0 Å². The molecule has 0 aromatic rings. The number of nitrogens with zero attached hydrogens (tertiary/aromatic N) is 1. The third-order valence-corrected chi connectivity index (χ3v) is 4.00. The Kier molecular flexibility index (Phi) is 5.16. The molecule has 1 aliphatic heterocycles. The van der Waals surface area contributed by atoms with E-state index in [0.29, 0.717) is 10.7 Å². The lowest BCUT2D eigenvalue weighted by atomic mass is 9.90. The van der Waals surface area contributed by atoms with E-state index >= 15 is 0 Å². The molecular weight excluding hydrogens is 216 g/mol. The third-order valence-electron chi connectivity index (χ3n) is 2.86. The fraction of sp³-hybridized carbons (Fsp3) is 0.923. The maximum atomic E-state index is 4.58. The third kappa shape index (κ3) is 5.24. The Hall–Kier alpha value is -0.180. The summed E-state index contributed by atoms with van der Waals surface area (Å²) in [5, 5.41) is 5.30. The molecule has 0 aliphatic carbocycles. The highest BCUT2D eigenvalue weighted by atomic mass is 32.2. The lowest BCUT2D eigenvalue weighted by Gasteiger charge is -2.21. The minimum Gasteiger partial charge on any atom is -0.365 e. The molecule has 3 heteroatoms. The van der Waals surface area contributed by atoms with Gasteiger partial charge in [0.15, 0.2) is 5.17 Å². The van der Waals surface area contributed by atoms with E-state index in [9.17, 15) is 0 Å². The van der Waals surface area contributed by atoms with Crippen molar-refractivity contribution in [3.63, 3.8) is 0 Å². The summed E-state index contributed by atoms with van der Waals surface area (Å²) >= 11 is 1.93. The molecule has 0 aromatic carbocycles. The first kappa shape index (κ1) is 13.9. The van der Waals surface area contributed by atoms with Gasteiger partial charge in [-0.2, -0.15) is 0 Å². The zero-order chi connectivity index (χ0) is 12.2. The molecule has 2 nitrogen and oxygen atoms in total. The van der Waals surface area contributed by atoms with Gasteiger partial charge in [-0.15, -0.1) is 0 Å². The second-order valence-corrected chi connectivity index (χ2v) is 7.33. The Morgan fingerprint density at radius 1 is 1.50 bits per heavy atom. The van der Waals surface area contributed by atoms with Crippen LogP contribution in [0.2, 0.25) is 0 Å². The van der Waals surface area contributed by atoms with Crippen LogP contribution in [0.5, 0.6) is 0 Å². The Bertz CT molecular complexity index is 243. The van der Waals surface area contributed by atoms with Crippen molar-refractivity contribution < 1.29 is 0 Å². The van der Waals surface area contributed by atoms with Gasteiger partial charge in [-0.1, -0.05) is 52.8 Å². The van der Waals surface area contributed by atoms with Crippen LogP contribution >= 0.6 is 11.8 Å². The molecule has 1 N–H and O–H groups in total. The van der Waals surface area contributed by atoms with Crippen molar-refractivity contribution >= 4 is 16.9 Å². The first-order chi connectivity index (χ1) is 7.40. The first-order valence-corrected chi connectivity index (χ1v) is 7.23. The number of nitrogens with one attached hydrogen (secondary N) is 1. The Labute approximate surface area is 105 Å². The Morgan fingerprint density at radius 3 is 2.75 bits per heavy atom. The van der Waals surface area contributed by atoms with Crippen LogP contribution in [-0.4, -0.2) is 23.5 Å². The average Bonchev–Trinajstić information content (AvgIpc) is 2.59. The molecule has 2 atom stereocenters. The lowest BCUT2D eigenvalue weighted by molar-refractivity contribution is 0.375. The molecular formula is C13H26N2S. The van der Waals surface area contributed by atoms with Crippen molar-refractivity contribution in [2.45, 2.75) is 52.7 Å². The Balaban J connectivity index is 2.24. The van der Waals surface area contributed by atoms with Crippen LogP contribution in [0.1, 0.15) is 47.5 Å². The van der Waals surface area contributed by atoms with E-state index in [1.165, 1.54) is 12.8 Å². The summed E-state index contributed by atoms with van der Waals surface area (Å²) in [7, 11) is 0. The quantitative estimate of drug-likeness (QED) is 0.815. The SMILES string of the molecule is CCC(C)CNC1=NCC(CC(C)(C)C)S1. The molecule has 1 heterocycles. The fourth-order valence-electron chi connectivity index (χ4n) is 1.71. The highest BCUT2D eigenvalue weighted by Gasteiger charge is 2.24. The second kappa shape index (κ2) is 5.95. The van der Waals surface area contributed by atoms with Crippen molar-refractivity contribution in [3.8, 4) is 0 Å². The van der Waals surface area contributed by atoms with E-state index < -0.39 is 0 Å². The topological polar surface area (TPSA) is 24.4 Å². The monoisotopic (exact) mass is 242 g/mol. The summed E-state index contributed by atoms with van der Waals surface area (Å²) in [4.78, 5) is 4.58. The second-order valence-electron chi connectivity index (χ2n) is 6.04. The van der Waals surface area contributed by atoms with Gasteiger partial charge >= 0.3 is 0 Å². The van der Waals surface area contributed by atoms with Crippen LogP contribution in [0, 0.1) is 11.3 Å². The summed E-state index contributed by atoms with van der Waals surface area (Å²) in [6.45, 7) is 13.5. The predicted molar refractivity (Wildman–Crippen MR) is 75.2 cm³/mol. The maximum absolute atomic E-state index is 4.58. The standard InChI is InChI=1S/C13H26N2S/c1-6-10(2)8-14-12-15-9-11(16-12)7-13(3,4)5/h10-11H,6-9H2,1-5H3,(H,14,15). The molecule has 0 saturated heterocycles. The molecule has 0 spiro atoms. The summed E-state index contributed by atoms with van der Waals surface area (Å²) < 4.78 is 0. The molecule has 0 amide bonds. The van der Waals surface area contributed by atoms with E-state index in [4.69, 9.17) is 0 Å². The predicted octanol–water partition coefficient (Wildman–Crippen LogP) is 3.53. The van der Waals surface area contributed by atoms with Gasteiger partial charge in [0.2, 0.25) is 0 Å².